The maximum atomic E-state index is 12.7. The molecule has 0 unspecified atom stereocenters. The second-order valence-corrected chi connectivity index (χ2v) is 6.55. The van der Waals surface area contributed by atoms with Crippen molar-refractivity contribution >= 4 is 23.2 Å². The summed E-state index contributed by atoms with van der Waals surface area (Å²) in [5.74, 6) is 0.834. The van der Waals surface area contributed by atoms with Gasteiger partial charge in [0, 0.05) is 23.5 Å². The number of fused-ring (bicyclic) bond motifs is 1. The summed E-state index contributed by atoms with van der Waals surface area (Å²) in [6, 6.07) is 13.9. The number of carbonyl (C=O) groups is 2. The number of hydrogen-bond acceptors (Lipinski definition) is 5. The Morgan fingerprint density at radius 2 is 1.86 bits per heavy atom. The van der Waals surface area contributed by atoms with Crippen molar-refractivity contribution in [2.24, 2.45) is 0 Å². The lowest BCUT2D eigenvalue weighted by molar-refractivity contribution is 0.0962. The van der Waals surface area contributed by atoms with Crippen LogP contribution in [-0.4, -0.2) is 32.6 Å². The van der Waals surface area contributed by atoms with Gasteiger partial charge < -0.3 is 24.1 Å². The normalized spacial score (nSPS) is 12.4. The molecule has 29 heavy (non-hydrogen) atoms. The van der Waals surface area contributed by atoms with Crippen LogP contribution in [0, 0.1) is 0 Å². The van der Waals surface area contributed by atoms with Crippen molar-refractivity contribution in [3.8, 4) is 11.5 Å². The van der Waals surface area contributed by atoms with Crippen LogP contribution in [0.2, 0.25) is 0 Å². The molecule has 2 amide bonds. The van der Waals surface area contributed by atoms with Gasteiger partial charge >= 0.3 is 0 Å². The van der Waals surface area contributed by atoms with E-state index in [0.717, 1.165) is 17.7 Å². The number of methoxy groups -OCH3 is 2. The predicted octanol–water partition coefficient (Wildman–Crippen LogP) is 3.75. The predicted molar refractivity (Wildman–Crippen MR) is 108 cm³/mol. The first kappa shape index (κ1) is 18.6. The minimum Gasteiger partial charge on any atom is -0.493 e. The minimum atomic E-state index is -0.284. The summed E-state index contributed by atoms with van der Waals surface area (Å²) in [5.41, 5.74) is 2.86. The molecule has 0 bridgehead atoms. The standard InChI is InChI=1S/C22H20N2O5/c1-27-18-8-6-15(12-20(18)28-2)21(25)23-16-7-5-14-9-10-24(17(14)13-16)22(26)19-4-3-11-29-19/h3-8,11-13H,9-10H2,1-2H3,(H,23,25). The molecule has 148 valence electrons. The summed E-state index contributed by atoms with van der Waals surface area (Å²) in [6.07, 6.45) is 2.23. The van der Waals surface area contributed by atoms with E-state index in [2.05, 4.69) is 5.32 Å². The van der Waals surface area contributed by atoms with Crippen LogP contribution in [0.1, 0.15) is 26.5 Å². The van der Waals surface area contributed by atoms with Crippen molar-refractivity contribution in [1.82, 2.24) is 0 Å². The molecule has 0 aliphatic carbocycles. The molecule has 0 saturated heterocycles. The van der Waals surface area contributed by atoms with Crippen LogP contribution >= 0.6 is 0 Å². The van der Waals surface area contributed by atoms with Crippen molar-refractivity contribution in [2.45, 2.75) is 6.42 Å². The zero-order valence-electron chi connectivity index (χ0n) is 16.1. The van der Waals surface area contributed by atoms with Gasteiger partial charge in [0.1, 0.15) is 0 Å². The molecule has 1 aliphatic rings. The van der Waals surface area contributed by atoms with E-state index in [0.29, 0.717) is 29.3 Å². The van der Waals surface area contributed by atoms with E-state index in [4.69, 9.17) is 13.9 Å². The quantitative estimate of drug-likeness (QED) is 0.715. The molecule has 1 aromatic heterocycles. The molecule has 7 heteroatoms. The SMILES string of the molecule is COc1ccc(C(=O)Nc2ccc3c(c2)N(C(=O)c2ccco2)CC3)cc1OC. The largest absolute Gasteiger partial charge is 0.493 e. The highest BCUT2D eigenvalue weighted by Crippen LogP contribution is 2.33. The number of nitrogens with one attached hydrogen (secondary N) is 1. The maximum Gasteiger partial charge on any atom is 0.293 e. The molecule has 0 atom stereocenters. The molecule has 4 rings (SSSR count). The van der Waals surface area contributed by atoms with Crippen LogP contribution in [0.25, 0.3) is 0 Å². The van der Waals surface area contributed by atoms with E-state index in [9.17, 15) is 9.59 Å². The first-order valence-corrected chi connectivity index (χ1v) is 9.12. The minimum absolute atomic E-state index is 0.197. The fourth-order valence-corrected chi connectivity index (χ4v) is 3.38. The van der Waals surface area contributed by atoms with Crippen molar-refractivity contribution in [3.05, 3.63) is 71.7 Å². The molecule has 0 fully saturated rings. The number of rotatable bonds is 5. The molecule has 1 aliphatic heterocycles. The number of furan rings is 1. The molecule has 7 nitrogen and oxygen atoms in total. The number of nitrogens with zero attached hydrogens (tertiary/aromatic N) is 1. The van der Waals surface area contributed by atoms with Gasteiger partial charge in [0.25, 0.3) is 11.8 Å². The molecule has 0 saturated carbocycles. The number of ether oxygens (including phenoxy) is 2. The molecule has 2 heterocycles. The highest BCUT2D eigenvalue weighted by atomic mass is 16.5. The van der Waals surface area contributed by atoms with Gasteiger partial charge in [-0.3, -0.25) is 9.59 Å². The summed E-state index contributed by atoms with van der Waals surface area (Å²) < 4.78 is 15.7. The third-order valence-electron chi connectivity index (χ3n) is 4.86. The molecular formula is C22H20N2O5. The second-order valence-electron chi connectivity index (χ2n) is 6.55. The first-order valence-electron chi connectivity index (χ1n) is 9.12. The fraction of sp³-hybridized carbons (Fsp3) is 0.182. The van der Waals surface area contributed by atoms with E-state index in [1.54, 1.807) is 35.2 Å². The van der Waals surface area contributed by atoms with Gasteiger partial charge in [-0.1, -0.05) is 6.07 Å². The second kappa shape index (κ2) is 7.71. The van der Waals surface area contributed by atoms with Gasteiger partial charge in [0.2, 0.25) is 0 Å². The zero-order chi connectivity index (χ0) is 20.4. The summed E-state index contributed by atoms with van der Waals surface area (Å²) >= 11 is 0. The molecule has 0 spiro atoms. The summed E-state index contributed by atoms with van der Waals surface area (Å²) in [6.45, 7) is 0.571. The van der Waals surface area contributed by atoms with Crippen LogP contribution in [0.3, 0.4) is 0 Å². The lowest BCUT2D eigenvalue weighted by Gasteiger charge is -2.17. The third-order valence-corrected chi connectivity index (χ3v) is 4.86. The Morgan fingerprint density at radius 3 is 2.59 bits per heavy atom. The van der Waals surface area contributed by atoms with Crippen molar-refractivity contribution < 1.29 is 23.5 Å². The Balaban J connectivity index is 1.56. The third kappa shape index (κ3) is 3.54. The Labute approximate surface area is 167 Å². The lowest BCUT2D eigenvalue weighted by Crippen LogP contribution is -2.28. The molecular weight excluding hydrogens is 372 g/mol. The topological polar surface area (TPSA) is 81.0 Å². The van der Waals surface area contributed by atoms with Crippen LogP contribution in [0.15, 0.2) is 59.2 Å². The van der Waals surface area contributed by atoms with Gasteiger partial charge in [-0.2, -0.15) is 0 Å². The van der Waals surface area contributed by atoms with E-state index >= 15 is 0 Å². The summed E-state index contributed by atoms with van der Waals surface area (Å²) in [5, 5.41) is 2.87. The Kier molecular flexibility index (Phi) is 4.95. The van der Waals surface area contributed by atoms with Crippen molar-refractivity contribution in [2.75, 3.05) is 31.0 Å². The zero-order valence-corrected chi connectivity index (χ0v) is 16.1. The average molecular weight is 392 g/mol. The highest BCUT2D eigenvalue weighted by molar-refractivity contribution is 6.07. The van der Waals surface area contributed by atoms with Gasteiger partial charge in [-0.25, -0.2) is 0 Å². The monoisotopic (exact) mass is 392 g/mol. The molecule has 3 aromatic rings. The number of hydrogen-bond donors (Lipinski definition) is 1. The average Bonchev–Trinajstić information content (AvgIpc) is 3.42. The maximum absolute atomic E-state index is 12.7. The van der Waals surface area contributed by atoms with E-state index in [1.807, 2.05) is 18.2 Å². The fourth-order valence-electron chi connectivity index (χ4n) is 3.38. The first-order chi connectivity index (χ1) is 14.1. The number of carbonyl (C=O) groups excluding carboxylic acids is 2. The lowest BCUT2D eigenvalue weighted by atomic mass is 10.1. The van der Waals surface area contributed by atoms with Crippen LogP contribution < -0.4 is 19.7 Å². The smallest absolute Gasteiger partial charge is 0.293 e. The van der Waals surface area contributed by atoms with Gasteiger partial charge in [0.05, 0.1) is 20.5 Å². The van der Waals surface area contributed by atoms with Crippen LogP contribution in [0.4, 0.5) is 11.4 Å². The Hall–Kier alpha value is -3.74. The molecule has 1 N–H and O–H groups in total. The van der Waals surface area contributed by atoms with Gasteiger partial charge in [0.15, 0.2) is 17.3 Å². The van der Waals surface area contributed by atoms with Gasteiger partial charge in [-0.05, 0) is 54.4 Å². The number of anilines is 2. The molecule has 0 radical (unpaired) electrons. The van der Waals surface area contributed by atoms with E-state index < -0.39 is 0 Å². The van der Waals surface area contributed by atoms with Crippen molar-refractivity contribution in [3.63, 3.8) is 0 Å². The van der Waals surface area contributed by atoms with E-state index in [-0.39, 0.29) is 17.6 Å². The Morgan fingerprint density at radius 1 is 1.03 bits per heavy atom. The highest BCUT2D eigenvalue weighted by Gasteiger charge is 2.27. The number of amides is 2. The summed E-state index contributed by atoms with van der Waals surface area (Å²) in [4.78, 5) is 27.0. The molecule has 2 aromatic carbocycles. The summed E-state index contributed by atoms with van der Waals surface area (Å²) in [7, 11) is 3.06. The van der Waals surface area contributed by atoms with Crippen LogP contribution in [-0.2, 0) is 6.42 Å². The Bertz CT molecular complexity index is 1060. The van der Waals surface area contributed by atoms with Gasteiger partial charge in [-0.15, -0.1) is 0 Å². The van der Waals surface area contributed by atoms with Crippen molar-refractivity contribution in [1.29, 1.82) is 0 Å². The number of benzene rings is 2. The van der Waals surface area contributed by atoms with E-state index in [1.165, 1.54) is 20.5 Å². The van der Waals surface area contributed by atoms with Crippen LogP contribution in [0.5, 0.6) is 11.5 Å².